The number of ether oxygens (including phenoxy) is 2. The standard InChI is InChI=1S/C24H23F3N2O5S/c1-16-11-12-21(34-3)22(13-16)35(31,32)29(18-8-6-7-17(14-18)24(25,26)27)15-23(30)28-19-9-4-5-10-20(19)33-2/h4-14H,15H2,1-3H3,(H,28,30). The zero-order chi connectivity index (χ0) is 25.8. The molecule has 1 amide bonds. The summed E-state index contributed by atoms with van der Waals surface area (Å²) in [6.45, 7) is 0.847. The summed E-state index contributed by atoms with van der Waals surface area (Å²) in [6.07, 6.45) is -4.72. The monoisotopic (exact) mass is 508 g/mol. The van der Waals surface area contributed by atoms with Crippen LogP contribution in [-0.2, 0) is 21.0 Å². The maximum atomic E-state index is 13.7. The Morgan fingerprint density at radius 1 is 0.943 bits per heavy atom. The summed E-state index contributed by atoms with van der Waals surface area (Å²) >= 11 is 0. The maximum Gasteiger partial charge on any atom is 0.416 e. The molecule has 11 heteroatoms. The lowest BCUT2D eigenvalue weighted by Crippen LogP contribution is -2.38. The molecule has 0 aliphatic rings. The highest BCUT2D eigenvalue weighted by molar-refractivity contribution is 7.93. The third-order valence-electron chi connectivity index (χ3n) is 5.02. The molecular weight excluding hydrogens is 485 g/mol. The van der Waals surface area contributed by atoms with E-state index in [0.29, 0.717) is 21.7 Å². The lowest BCUT2D eigenvalue weighted by molar-refractivity contribution is -0.137. The molecule has 0 unspecified atom stereocenters. The number of benzene rings is 3. The number of alkyl halides is 3. The fraction of sp³-hybridized carbons (Fsp3) is 0.208. The topological polar surface area (TPSA) is 84.9 Å². The van der Waals surface area contributed by atoms with Gasteiger partial charge < -0.3 is 14.8 Å². The van der Waals surface area contributed by atoms with Crippen molar-refractivity contribution in [2.24, 2.45) is 0 Å². The third kappa shape index (κ3) is 5.86. The first-order chi connectivity index (χ1) is 16.5. The van der Waals surface area contributed by atoms with Crippen molar-refractivity contribution in [2.75, 3.05) is 30.4 Å². The number of sulfonamides is 1. The number of rotatable bonds is 8. The highest BCUT2D eigenvalue weighted by Crippen LogP contribution is 2.35. The zero-order valence-electron chi connectivity index (χ0n) is 19.1. The number of para-hydroxylation sites is 2. The van der Waals surface area contributed by atoms with Gasteiger partial charge in [0.2, 0.25) is 5.91 Å². The molecular formula is C24H23F3N2O5S. The van der Waals surface area contributed by atoms with Gasteiger partial charge in [-0.2, -0.15) is 13.2 Å². The van der Waals surface area contributed by atoms with Gasteiger partial charge in [-0.05, 0) is 55.0 Å². The van der Waals surface area contributed by atoms with Crippen LogP contribution in [0.1, 0.15) is 11.1 Å². The number of halogens is 3. The van der Waals surface area contributed by atoms with Gasteiger partial charge in [-0.25, -0.2) is 8.42 Å². The minimum Gasteiger partial charge on any atom is -0.495 e. The summed E-state index contributed by atoms with van der Waals surface area (Å²) in [7, 11) is -1.87. The van der Waals surface area contributed by atoms with Gasteiger partial charge in [0.05, 0.1) is 31.2 Å². The fourth-order valence-electron chi connectivity index (χ4n) is 3.32. The van der Waals surface area contributed by atoms with Crippen LogP contribution in [0.2, 0.25) is 0 Å². The van der Waals surface area contributed by atoms with E-state index in [0.717, 1.165) is 12.1 Å². The number of amides is 1. The van der Waals surface area contributed by atoms with E-state index in [2.05, 4.69) is 5.32 Å². The quantitative estimate of drug-likeness (QED) is 0.470. The number of methoxy groups -OCH3 is 2. The van der Waals surface area contributed by atoms with Crippen molar-refractivity contribution in [3.8, 4) is 11.5 Å². The number of hydrogen-bond acceptors (Lipinski definition) is 5. The van der Waals surface area contributed by atoms with Gasteiger partial charge >= 0.3 is 6.18 Å². The molecule has 3 aromatic carbocycles. The zero-order valence-corrected chi connectivity index (χ0v) is 19.9. The van der Waals surface area contributed by atoms with Gasteiger partial charge in [0.1, 0.15) is 22.9 Å². The average molecular weight is 509 g/mol. The first-order valence-corrected chi connectivity index (χ1v) is 11.7. The highest BCUT2D eigenvalue weighted by Gasteiger charge is 2.34. The molecule has 0 heterocycles. The van der Waals surface area contributed by atoms with Crippen molar-refractivity contribution in [1.29, 1.82) is 0 Å². The second-order valence-electron chi connectivity index (χ2n) is 7.46. The molecule has 0 saturated heterocycles. The largest absolute Gasteiger partial charge is 0.495 e. The maximum absolute atomic E-state index is 13.7. The Bertz CT molecular complexity index is 1330. The minimum absolute atomic E-state index is 0.0160. The van der Waals surface area contributed by atoms with E-state index in [1.807, 2.05) is 0 Å². The van der Waals surface area contributed by atoms with Gasteiger partial charge in [-0.15, -0.1) is 0 Å². The van der Waals surface area contributed by atoms with Gasteiger partial charge in [0.15, 0.2) is 0 Å². The lowest BCUT2D eigenvalue weighted by Gasteiger charge is -2.26. The van der Waals surface area contributed by atoms with Crippen molar-refractivity contribution in [3.63, 3.8) is 0 Å². The molecule has 0 atom stereocenters. The molecule has 0 aromatic heterocycles. The molecule has 0 aliphatic carbocycles. The van der Waals surface area contributed by atoms with E-state index < -0.39 is 34.2 Å². The Balaban J connectivity index is 2.09. The van der Waals surface area contributed by atoms with E-state index in [9.17, 15) is 26.4 Å². The molecule has 0 saturated carbocycles. The number of aryl methyl sites for hydroxylation is 1. The Morgan fingerprint density at radius 2 is 1.63 bits per heavy atom. The third-order valence-corrected chi connectivity index (χ3v) is 6.81. The number of carbonyl (C=O) groups is 1. The van der Waals surface area contributed by atoms with Crippen LogP contribution in [0.4, 0.5) is 24.5 Å². The molecule has 35 heavy (non-hydrogen) atoms. The first-order valence-electron chi connectivity index (χ1n) is 10.2. The summed E-state index contributed by atoms with van der Waals surface area (Å²) < 4.78 is 78.5. The van der Waals surface area contributed by atoms with Gasteiger partial charge in [-0.1, -0.05) is 24.3 Å². The Labute approximate surface area is 201 Å². The van der Waals surface area contributed by atoms with Crippen LogP contribution in [0.25, 0.3) is 0 Å². The van der Waals surface area contributed by atoms with Crippen molar-refractivity contribution in [2.45, 2.75) is 18.0 Å². The van der Waals surface area contributed by atoms with Crippen molar-refractivity contribution in [3.05, 3.63) is 77.9 Å². The van der Waals surface area contributed by atoms with Crippen molar-refractivity contribution < 1.29 is 35.9 Å². The number of carbonyl (C=O) groups excluding carboxylic acids is 1. The van der Waals surface area contributed by atoms with Crippen molar-refractivity contribution in [1.82, 2.24) is 0 Å². The summed E-state index contributed by atoms with van der Waals surface area (Å²) in [5, 5.41) is 2.55. The van der Waals surface area contributed by atoms with Crippen LogP contribution < -0.4 is 19.1 Å². The summed E-state index contributed by atoms with van der Waals surface area (Å²) in [4.78, 5) is 12.6. The van der Waals surface area contributed by atoms with Gasteiger partial charge in [0.25, 0.3) is 10.0 Å². The highest BCUT2D eigenvalue weighted by atomic mass is 32.2. The molecule has 0 radical (unpaired) electrons. The van der Waals surface area contributed by atoms with Crippen molar-refractivity contribution >= 4 is 27.3 Å². The predicted molar refractivity (Wildman–Crippen MR) is 125 cm³/mol. The second-order valence-corrected chi connectivity index (χ2v) is 9.29. The minimum atomic E-state index is -4.72. The normalized spacial score (nSPS) is 11.6. The summed E-state index contributed by atoms with van der Waals surface area (Å²) in [5.41, 5.74) is -0.545. The van der Waals surface area contributed by atoms with Crippen LogP contribution in [0.3, 0.4) is 0 Å². The number of anilines is 2. The number of hydrogen-bond donors (Lipinski definition) is 1. The molecule has 3 rings (SSSR count). The van der Waals surface area contributed by atoms with E-state index in [-0.39, 0.29) is 22.0 Å². The second kappa shape index (κ2) is 10.3. The Kier molecular flexibility index (Phi) is 7.59. The molecule has 186 valence electrons. The summed E-state index contributed by atoms with van der Waals surface area (Å²) in [6, 6.07) is 14.6. The Morgan fingerprint density at radius 3 is 2.29 bits per heavy atom. The van der Waals surface area contributed by atoms with Gasteiger partial charge in [-0.3, -0.25) is 9.10 Å². The molecule has 3 aromatic rings. The molecule has 1 N–H and O–H groups in total. The molecule has 0 bridgehead atoms. The molecule has 0 spiro atoms. The lowest BCUT2D eigenvalue weighted by atomic mass is 10.2. The van der Waals surface area contributed by atoms with Gasteiger partial charge in [0, 0.05) is 0 Å². The summed E-state index contributed by atoms with van der Waals surface area (Å²) in [5.74, 6) is -0.477. The molecule has 0 fully saturated rings. The van der Waals surface area contributed by atoms with Crippen LogP contribution >= 0.6 is 0 Å². The molecule has 0 aliphatic heterocycles. The average Bonchev–Trinajstić information content (AvgIpc) is 2.82. The Hall–Kier alpha value is -3.73. The van der Waals surface area contributed by atoms with E-state index in [4.69, 9.17) is 9.47 Å². The van der Waals surface area contributed by atoms with E-state index in [1.54, 1.807) is 37.3 Å². The van der Waals surface area contributed by atoms with Crippen LogP contribution in [0, 0.1) is 6.92 Å². The number of nitrogens with one attached hydrogen (secondary N) is 1. The van der Waals surface area contributed by atoms with E-state index in [1.165, 1.54) is 32.4 Å². The fourth-order valence-corrected chi connectivity index (χ4v) is 4.98. The van der Waals surface area contributed by atoms with Crippen LogP contribution in [0.5, 0.6) is 11.5 Å². The first kappa shape index (κ1) is 25.9. The predicted octanol–water partition coefficient (Wildman–Crippen LogP) is 4.87. The van der Waals surface area contributed by atoms with Crippen LogP contribution in [0.15, 0.2) is 71.6 Å². The molecule has 7 nitrogen and oxygen atoms in total. The van der Waals surface area contributed by atoms with Crippen LogP contribution in [-0.4, -0.2) is 35.1 Å². The smallest absolute Gasteiger partial charge is 0.416 e. The van der Waals surface area contributed by atoms with E-state index >= 15 is 0 Å². The number of nitrogens with zero attached hydrogens (tertiary/aromatic N) is 1. The SMILES string of the molecule is COc1ccccc1NC(=O)CN(c1cccc(C(F)(F)F)c1)S(=O)(=O)c1cc(C)ccc1OC.